The number of carbonyl (C=O) groups excluding carboxylic acids is 1. The van der Waals surface area contributed by atoms with Gasteiger partial charge in [0.2, 0.25) is 5.91 Å². The van der Waals surface area contributed by atoms with Crippen LogP contribution < -0.4 is 11.1 Å². The number of benzene rings is 1. The molecule has 0 radical (unpaired) electrons. The van der Waals surface area contributed by atoms with Gasteiger partial charge in [0, 0.05) is 11.8 Å². The van der Waals surface area contributed by atoms with Crippen LogP contribution in [-0.4, -0.2) is 23.5 Å². The van der Waals surface area contributed by atoms with E-state index in [0.29, 0.717) is 6.04 Å². The van der Waals surface area contributed by atoms with E-state index in [0.717, 1.165) is 17.7 Å². The number of rotatable bonds is 4. The first-order chi connectivity index (χ1) is 8.27. The van der Waals surface area contributed by atoms with E-state index < -0.39 is 0 Å². The van der Waals surface area contributed by atoms with E-state index in [-0.39, 0.29) is 11.9 Å². The summed E-state index contributed by atoms with van der Waals surface area (Å²) >= 11 is 1.94. The molecule has 3 N–H and O–H groups in total. The molecule has 0 bridgehead atoms. The molecule has 2 rings (SSSR count). The predicted molar refractivity (Wildman–Crippen MR) is 71.9 cm³/mol. The van der Waals surface area contributed by atoms with Gasteiger partial charge in [0.05, 0.1) is 0 Å². The van der Waals surface area contributed by atoms with Crippen LogP contribution in [0.1, 0.15) is 24.4 Å². The average molecular weight is 250 g/mol. The highest BCUT2D eigenvalue weighted by atomic mass is 32.2. The van der Waals surface area contributed by atoms with E-state index in [1.54, 1.807) is 0 Å². The minimum atomic E-state index is -0.361. The molecule has 1 aromatic rings. The lowest BCUT2D eigenvalue weighted by atomic mass is 10.0. The molecular weight excluding hydrogens is 232 g/mol. The molecule has 1 amide bonds. The maximum atomic E-state index is 11.5. The van der Waals surface area contributed by atoms with Gasteiger partial charge in [0.25, 0.3) is 0 Å². The fourth-order valence-corrected chi connectivity index (χ4v) is 3.18. The fraction of sp³-hybridized carbons (Fsp3) is 0.462. The van der Waals surface area contributed by atoms with Gasteiger partial charge in [-0.2, -0.15) is 11.8 Å². The predicted octanol–water partition coefficient (Wildman–Crippen LogP) is 1.70. The first-order valence-electron chi connectivity index (χ1n) is 5.95. The number of carbonyl (C=O) groups is 1. The van der Waals surface area contributed by atoms with Gasteiger partial charge in [-0.1, -0.05) is 30.3 Å². The molecule has 4 heteroatoms. The molecule has 1 aromatic carbocycles. The normalized spacial score (nSPS) is 22.0. The Kier molecular flexibility index (Phi) is 4.45. The molecule has 17 heavy (non-hydrogen) atoms. The summed E-state index contributed by atoms with van der Waals surface area (Å²) in [5, 5.41) is 3.38. The van der Waals surface area contributed by atoms with Crippen LogP contribution in [0.25, 0.3) is 0 Å². The van der Waals surface area contributed by atoms with Crippen LogP contribution in [0.15, 0.2) is 30.3 Å². The molecule has 0 saturated carbocycles. The Morgan fingerprint density at radius 3 is 2.76 bits per heavy atom. The summed E-state index contributed by atoms with van der Waals surface area (Å²) in [4.78, 5) is 11.5. The number of nitrogens with two attached hydrogens (primary N) is 1. The van der Waals surface area contributed by atoms with Crippen molar-refractivity contribution in [3.63, 3.8) is 0 Å². The maximum absolute atomic E-state index is 11.5. The van der Waals surface area contributed by atoms with Crippen LogP contribution in [0, 0.1) is 0 Å². The molecule has 1 fully saturated rings. The van der Waals surface area contributed by atoms with Gasteiger partial charge >= 0.3 is 0 Å². The molecule has 1 heterocycles. The molecule has 0 unspecified atom stereocenters. The summed E-state index contributed by atoms with van der Waals surface area (Å²) < 4.78 is 0. The Bertz CT molecular complexity index is 363. The number of primary amides is 1. The Hall–Kier alpha value is -1.00. The van der Waals surface area contributed by atoms with E-state index >= 15 is 0 Å². The lowest BCUT2D eigenvalue weighted by Gasteiger charge is -2.26. The summed E-state index contributed by atoms with van der Waals surface area (Å²) in [5.41, 5.74) is 6.43. The minimum Gasteiger partial charge on any atom is -0.368 e. The van der Waals surface area contributed by atoms with Crippen molar-refractivity contribution >= 4 is 17.7 Å². The SMILES string of the molecule is NC(=O)[C@H](N[C@H]1CCCSC1)c1ccccc1. The Balaban J connectivity index is 2.05. The summed E-state index contributed by atoms with van der Waals surface area (Å²) in [6, 6.07) is 9.73. The molecule has 92 valence electrons. The van der Waals surface area contributed by atoms with Crippen molar-refractivity contribution in [2.24, 2.45) is 5.73 Å². The van der Waals surface area contributed by atoms with Crippen LogP contribution in [0.5, 0.6) is 0 Å². The second-order valence-electron chi connectivity index (χ2n) is 4.33. The number of hydrogen-bond donors (Lipinski definition) is 2. The molecule has 1 saturated heterocycles. The Morgan fingerprint density at radius 2 is 2.18 bits per heavy atom. The van der Waals surface area contributed by atoms with Gasteiger partial charge in [0.15, 0.2) is 0 Å². The van der Waals surface area contributed by atoms with Gasteiger partial charge in [-0.3, -0.25) is 10.1 Å². The molecule has 1 aliphatic heterocycles. The van der Waals surface area contributed by atoms with E-state index in [1.807, 2.05) is 42.1 Å². The zero-order valence-corrected chi connectivity index (χ0v) is 10.6. The smallest absolute Gasteiger partial charge is 0.239 e. The third-order valence-corrected chi connectivity index (χ3v) is 4.20. The van der Waals surface area contributed by atoms with Crippen LogP contribution in [0.3, 0.4) is 0 Å². The van der Waals surface area contributed by atoms with Gasteiger partial charge < -0.3 is 5.73 Å². The third-order valence-electron chi connectivity index (χ3n) is 2.98. The highest BCUT2D eigenvalue weighted by Crippen LogP contribution is 2.20. The standard InChI is InChI=1S/C13H18N2OS/c14-13(16)12(10-5-2-1-3-6-10)15-11-7-4-8-17-9-11/h1-3,5-6,11-12,15H,4,7-9H2,(H2,14,16)/t11-,12+/m0/s1. The zero-order chi connectivity index (χ0) is 12.1. The average Bonchev–Trinajstić information content (AvgIpc) is 2.38. The number of nitrogens with one attached hydrogen (secondary N) is 1. The Morgan fingerprint density at radius 1 is 1.41 bits per heavy atom. The van der Waals surface area contributed by atoms with E-state index in [1.165, 1.54) is 12.2 Å². The van der Waals surface area contributed by atoms with Crippen molar-refractivity contribution in [1.29, 1.82) is 0 Å². The van der Waals surface area contributed by atoms with Gasteiger partial charge in [-0.15, -0.1) is 0 Å². The topological polar surface area (TPSA) is 55.1 Å². The highest BCUT2D eigenvalue weighted by molar-refractivity contribution is 7.99. The molecule has 2 atom stereocenters. The Labute approximate surface area is 106 Å². The summed E-state index contributed by atoms with van der Waals surface area (Å²) in [5.74, 6) is 1.99. The fourth-order valence-electron chi connectivity index (χ4n) is 2.10. The first kappa shape index (κ1) is 12.5. The monoisotopic (exact) mass is 250 g/mol. The zero-order valence-electron chi connectivity index (χ0n) is 9.76. The van der Waals surface area contributed by atoms with Crippen molar-refractivity contribution < 1.29 is 4.79 Å². The second kappa shape index (κ2) is 6.07. The molecule has 0 aromatic heterocycles. The van der Waals surface area contributed by atoms with Crippen LogP contribution in [0.4, 0.5) is 0 Å². The van der Waals surface area contributed by atoms with E-state index in [9.17, 15) is 4.79 Å². The number of amides is 1. The lowest BCUT2D eigenvalue weighted by Crippen LogP contribution is -2.42. The van der Waals surface area contributed by atoms with Gasteiger partial charge in [-0.05, 0) is 24.2 Å². The number of hydrogen-bond acceptors (Lipinski definition) is 3. The quantitative estimate of drug-likeness (QED) is 0.855. The van der Waals surface area contributed by atoms with Crippen LogP contribution in [-0.2, 0) is 4.79 Å². The number of thioether (sulfide) groups is 1. The van der Waals surface area contributed by atoms with Crippen LogP contribution >= 0.6 is 11.8 Å². The molecule has 0 spiro atoms. The van der Waals surface area contributed by atoms with Crippen molar-refractivity contribution in [3.8, 4) is 0 Å². The minimum absolute atomic E-state index is 0.299. The van der Waals surface area contributed by atoms with Gasteiger partial charge in [0.1, 0.15) is 6.04 Å². The third kappa shape index (κ3) is 3.48. The molecule has 1 aliphatic rings. The van der Waals surface area contributed by atoms with E-state index in [4.69, 9.17) is 5.73 Å². The first-order valence-corrected chi connectivity index (χ1v) is 7.11. The summed E-state index contributed by atoms with van der Waals surface area (Å²) in [6.07, 6.45) is 2.34. The highest BCUT2D eigenvalue weighted by Gasteiger charge is 2.22. The lowest BCUT2D eigenvalue weighted by molar-refractivity contribution is -0.120. The molecular formula is C13H18N2OS. The molecule has 0 aliphatic carbocycles. The maximum Gasteiger partial charge on any atom is 0.239 e. The second-order valence-corrected chi connectivity index (χ2v) is 5.48. The van der Waals surface area contributed by atoms with Crippen molar-refractivity contribution in [2.45, 2.75) is 24.9 Å². The van der Waals surface area contributed by atoms with E-state index in [2.05, 4.69) is 5.32 Å². The largest absolute Gasteiger partial charge is 0.368 e. The van der Waals surface area contributed by atoms with Crippen LogP contribution in [0.2, 0.25) is 0 Å². The van der Waals surface area contributed by atoms with Gasteiger partial charge in [-0.25, -0.2) is 0 Å². The molecule has 3 nitrogen and oxygen atoms in total. The van der Waals surface area contributed by atoms with Crippen molar-refractivity contribution in [1.82, 2.24) is 5.32 Å². The summed E-state index contributed by atoms with van der Waals surface area (Å²) in [6.45, 7) is 0. The summed E-state index contributed by atoms with van der Waals surface area (Å²) in [7, 11) is 0. The van der Waals surface area contributed by atoms with Crippen molar-refractivity contribution in [2.75, 3.05) is 11.5 Å². The van der Waals surface area contributed by atoms with Crippen molar-refractivity contribution in [3.05, 3.63) is 35.9 Å².